The van der Waals surface area contributed by atoms with Crippen molar-refractivity contribution in [1.29, 1.82) is 0 Å². The summed E-state index contributed by atoms with van der Waals surface area (Å²) in [4.78, 5) is 59.5. The van der Waals surface area contributed by atoms with Crippen LogP contribution >= 0.6 is 0 Å². The molecule has 0 atom stereocenters. The van der Waals surface area contributed by atoms with E-state index in [9.17, 15) is 59.4 Å². The minimum Gasteiger partial charge on any atom is -1.00 e. The number of nitrogens with two attached hydrogens (primary N) is 3. The van der Waals surface area contributed by atoms with Gasteiger partial charge in [-0.3, -0.25) is 0 Å². The second kappa shape index (κ2) is 107. The van der Waals surface area contributed by atoms with Crippen molar-refractivity contribution in [3.8, 4) is 0 Å². The van der Waals surface area contributed by atoms with Gasteiger partial charge in [-0.1, -0.05) is 320 Å². The molecule has 0 bridgehead atoms. The van der Waals surface area contributed by atoms with Gasteiger partial charge in [-0.15, -0.1) is 0 Å². The Hall–Kier alpha value is -2.26. The third-order valence-corrected chi connectivity index (χ3v) is 14.2. The first kappa shape index (κ1) is 155. The first-order chi connectivity index (χ1) is 42.9. The fourth-order valence-corrected chi connectivity index (χ4v) is 6.85. The molecule has 0 unspecified atom stereocenters. The zero-order valence-corrected chi connectivity index (χ0v) is 74.4. The largest absolute Gasteiger partial charge is 4.00 e. The van der Waals surface area contributed by atoms with Gasteiger partial charge in [0, 0.05) is 68.3 Å². The van der Waals surface area contributed by atoms with E-state index in [4.69, 9.17) is 0 Å². The number of carbonyl (C=O) groups excluding carboxylic acids is 6. The molecule has 0 saturated heterocycles. The van der Waals surface area contributed by atoms with Gasteiger partial charge in [0.2, 0.25) is 0 Å². The Labute approximate surface area is 666 Å². The SMILES string of the molecule is CC(C)(C)C(=O)[O-].CC(C)(C)C(=O)[O-].CC(C)(C)C(=O)[O-].CC(C)(C)C(=O)[O-].CC(C)(C)C(=O)[O-].CC(C)(C)C(=O)[O-].CCCCCCCC[NH2+]CCCCCCCC.CCCCCCCC[NH2+]CCCCCCCC.CCCCCCCC[NH2+]CCCCCCCC.[Cr+3].[Cr+4].[Cr+4].[F-].[F-].[F-].[F-].[F-].[F-].[F-].[F-]. The quantitative estimate of drug-likeness (QED) is 0.0380. The van der Waals surface area contributed by atoms with Crippen LogP contribution in [0, 0.1) is 32.5 Å². The van der Waals surface area contributed by atoms with E-state index in [1.165, 1.54) is 270 Å². The third-order valence-electron chi connectivity index (χ3n) is 14.2. The van der Waals surface area contributed by atoms with Gasteiger partial charge in [-0.2, -0.15) is 0 Å². The van der Waals surface area contributed by atoms with Crippen LogP contribution in [0.1, 0.15) is 397 Å². The summed E-state index contributed by atoms with van der Waals surface area (Å²) in [7, 11) is 0. The van der Waals surface area contributed by atoms with E-state index in [1.807, 2.05) is 0 Å². The van der Waals surface area contributed by atoms with Gasteiger partial charge in [0.15, 0.2) is 0 Å². The number of carboxylic acid groups (broad SMARTS) is 6. The van der Waals surface area contributed by atoms with Gasteiger partial charge in [0.25, 0.3) is 0 Å². The normalized spacial score (nSPS) is 9.92. The van der Waals surface area contributed by atoms with Crippen LogP contribution in [0.3, 0.4) is 0 Å². The summed E-state index contributed by atoms with van der Waals surface area (Å²) in [5.74, 6) is -6.04. The average molecular weight is 1640 g/mol. The number of aliphatic carboxylic acids is 6. The van der Waals surface area contributed by atoms with E-state index in [2.05, 4.69) is 57.5 Å². The first-order valence-corrected chi connectivity index (χ1v) is 37.6. The summed E-state index contributed by atoms with van der Waals surface area (Å²) < 4.78 is 0. The Bertz CT molecular complexity index is 1360. The predicted octanol–water partition coefficient (Wildman–Crippen LogP) is -12.5. The van der Waals surface area contributed by atoms with E-state index in [1.54, 1.807) is 125 Å². The van der Waals surface area contributed by atoms with Crippen molar-refractivity contribution in [3.63, 3.8) is 0 Å². The van der Waals surface area contributed by atoms with E-state index in [-0.39, 0.29) is 89.7 Å². The third kappa shape index (κ3) is 170. The first-order valence-electron chi connectivity index (χ1n) is 37.6. The maximum Gasteiger partial charge on any atom is 4.00 e. The molecule has 0 aliphatic heterocycles. The Morgan fingerprint density at radius 2 is 0.260 bits per heavy atom. The molecule has 0 aromatic heterocycles. The molecule has 0 fully saturated rings. The molecule has 6 N–H and O–H groups in total. The standard InChI is InChI=1S/3C16H35N.6C5H10O2.3Cr.8FH/c3*1-3-5-7-9-11-13-15-17-16-14-12-10-8-6-4-2;6*1-5(2,3)4(6)7;;;;;;;;;;;/h3*17H,3-16H2,1-2H3;6*1-3H3,(H,6,7);;;;8*1H/q;;;;;;;;;+3;2*+4;;;;;;;;/p-11. The second-order valence-corrected chi connectivity index (χ2v) is 31.4. The van der Waals surface area contributed by atoms with Gasteiger partial charge in [-0.05, 0) is 77.0 Å². The molecule has 15 nitrogen and oxygen atoms in total. The molecule has 0 heterocycles. The molecule has 0 aromatic carbocycles. The number of quaternary nitrogens is 3. The van der Waals surface area contributed by atoms with Crippen molar-refractivity contribution >= 4 is 35.8 Å². The predicted molar refractivity (Wildman–Crippen MR) is 382 cm³/mol. The molecule has 0 spiro atoms. The van der Waals surface area contributed by atoms with Crippen molar-refractivity contribution in [2.45, 2.75) is 397 Å². The maximum atomic E-state index is 9.91. The second-order valence-electron chi connectivity index (χ2n) is 31.4. The number of unbranched alkanes of at least 4 members (excludes halogenated alkanes) is 30. The number of carboxylic acids is 6. The molecular weight excluding hydrogens is 1480 g/mol. The minimum absolute atomic E-state index is 0. The zero-order chi connectivity index (χ0) is 74.3. The van der Waals surface area contributed by atoms with Gasteiger partial charge in [-0.25, -0.2) is 0 Å². The molecule has 1 radical (unpaired) electrons. The molecule has 0 saturated carbocycles. The summed E-state index contributed by atoms with van der Waals surface area (Å²) in [6.45, 7) is 50.7. The minimum atomic E-state index is -1.01. The van der Waals surface area contributed by atoms with Crippen molar-refractivity contribution in [3.05, 3.63) is 0 Å². The number of hydrogen-bond donors (Lipinski definition) is 3. The van der Waals surface area contributed by atoms with Gasteiger partial charge < -0.3 is 113 Å². The van der Waals surface area contributed by atoms with Crippen LogP contribution in [-0.2, 0) is 80.9 Å². The number of hydrogen-bond acceptors (Lipinski definition) is 12. The Morgan fingerprint density at radius 3 is 0.327 bits per heavy atom. The van der Waals surface area contributed by atoms with Crippen molar-refractivity contribution < 1.29 is 165 Å². The molecule has 0 aromatic rings. The van der Waals surface area contributed by atoms with Gasteiger partial charge >= 0.3 is 52.1 Å². The molecular formula is C78H162Cr3F8N3O12. The van der Waals surface area contributed by atoms with Crippen LogP contribution in [0.5, 0.6) is 0 Å². The van der Waals surface area contributed by atoms with E-state index in [0.717, 1.165) is 0 Å². The maximum absolute atomic E-state index is 9.91. The molecule has 26 heteroatoms. The summed E-state index contributed by atoms with van der Waals surface area (Å²) >= 11 is 0. The Balaban J connectivity index is -0.0000000431. The van der Waals surface area contributed by atoms with Crippen LogP contribution in [0.15, 0.2) is 0 Å². The Morgan fingerprint density at radius 1 is 0.192 bits per heavy atom. The number of carbonyl (C=O) groups is 6. The number of halogens is 8. The van der Waals surface area contributed by atoms with Gasteiger partial charge in [0.05, 0.1) is 39.3 Å². The molecule has 0 aliphatic rings. The van der Waals surface area contributed by atoms with Crippen molar-refractivity contribution in [2.24, 2.45) is 32.5 Å². The van der Waals surface area contributed by atoms with Crippen molar-refractivity contribution in [2.75, 3.05) is 39.3 Å². The van der Waals surface area contributed by atoms with E-state index in [0.29, 0.717) is 0 Å². The summed E-state index contributed by atoms with van der Waals surface area (Å²) in [5, 5.41) is 67.0. The fraction of sp³-hybridized carbons (Fsp3) is 0.923. The van der Waals surface area contributed by atoms with E-state index < -0.39 is 68.3 Å². The smallest absolute Gasteiger partial charge is 1.00 e. The van der Waals surface area contributed by atoms with Crippen LogP contribution in [0.2, 0.25) is 0 Å². The summed E-state index contributed by atoms with van der Waals surface area (Å²) in [6.07, 6.45) is 51.5. The summed E-state index contributed by atoms with van der Waals surface area (Å²) in [5.41, 5.74) is -4.17. The zero-order valence-electron chi connectivity index (χ0n) is 70.6. The molecule has 0 aliphatic carbocycles. The van der Waals surface area contributed by atoms with Crippen LogP contribution in [-0.4, -0.2) is 75.1 Å². The van der Waals surface area contributed by atoms with Crippen LogP contribution in [0.25, 0.3) is 0 Å². The average Bonchev–Trinajstić information content (AvgIpc) is 1.09. The van der Waals surface area contributed by atoms with Gasteiger partial charge in [0.1, 0.15) is 0 Å². The summed E-state index contributed by atoms with van der Waals surface area (Å²) in [6, 6.07) is 0. The monoisotopic (exact) mass is 1640 g/mol. The number of rotatable bonds is 42. The molecule has 104 heavy (non-hydrogen) atoms. The van der Waals surface area contributed by atoms with Crippen LogP contribution in [0.4, 0.5) is 0 Å². The molecule has 635 valence electrons. The fourth-order valence-electron chi connectivity index (χ4n) is 6.85. The topological polar surface area (TPSA) is 291 Å². The Kier molecular flexibility index (Phi) is 159. The molecule has 0 rings (SSSR count). The molecule has 0 amide bonds. The van der Waals surface area contributed by atoms with Crippen LogP contribution < -0.4 is 84.2 Å². The van der Waals surface area contributed by atoms with E-state index >= 15 is 0 Å². The van der Waals surface area contributed by atoms with Crippen molar-refractivity contribution in [1.82, 2.24) is 0 Å².